The summed E-state index contributed by atoms with van der Waals surface area (Å²) in [4.78, 5) is 10.1. The van der Waals surface area contributed by atoms with Crippen LogP contribution in [0.3, 0.4) is 0 Å². The molecule has 0 bridgehead atoms. The van der Waals surface area contributed by atoms with Crippen LogP contribution in [0.5, 0.6) is 11.5 Å². The van der Waals surface area contributed by atoms with Crippen LogP contribution in [0, 0.1) is 17.0 Å². The first-order valence-corrected chi connectivity index (χ1v) is 3.97. The van der Waals surface area contributed by atoms with Crippen LogP contribution in [0.15, 0.2) is 12.1 Å². The summed E-state index contributed by atoms with van der Waals surface area (Å²) in [5, 5.41) is 10.5. The quantitative estimate of drug-likeness (QED) is 0.548. The summed E-state index contributed by atoms with van der Waals surface area (Å²) >= 11 is 0. The van der Waals surface area contributed by atoms with E-state index in [1.54, 1.807) is 6.92 Å². The molecule has 14 heavy (non-hydrogen) atoms. The molecule has 0 saturated carbocycles. The van der Waals surface area contributed by atoms with E-state index in [0.717, 1.165) is 0 Å². The molecule has 0 spiro atoms. The number of ether oxygens (including phenoxy) is 2. The molecule has 0 fully saturated rings. The topological polar surface area (TPSA) is 61.6 Å². The normalized spacial score (nSPS) is 9.64. The van der Waals surface area contributed by atoms with Crippen molar-refractivity contribution >= 4 is 5.69 Å². The summed E-state index contributed by atoms with van der Waals surface area (Å²) in [7, 11) is 2.94. The van der Waals surface area contributed by atoms with Crippen molar-refractivity contribution in [1.29, 1.82) is 0 Å². The second kappa shape index (κ2) is 3.95. The van der Waals surface area contributed by atoms with Crippen LogP contribution in [-0.4, -0.2) is 19.1 Å². The van der Waals surface area contributed by atoms with Crippen molar-refractivity contribution in [3.05, 3.63) is 27.8 Å². The van der Waals surface area contributed by atoms with Gasteiger partial charge in [-0.2, -0.15) is 0 Å². The SMILES string of the molecule is COc1cc([N+](=O)[O-])cc(C)c1OC. The minimum Gasteiger partial charge on any atom is -0.493 e. The van der Waals surface area contributed by atoms with Gasteiger partial charge >= 0.3 is 0 Å². The molecule has 0 aliphatic rings. The van der Waals surface area contributed by atoms with Crippen LogP contribution in [0.2, 0.25) is 0 Å². The van der Waals surface area contributed by atoms with Gasteiger partial charge in [0, 0.05) is 11.6 Å². The van der Waals surface area contributed by atoms with Crippen LogP contribution < -0.4 is 9.47 Å². The molecule has 5 heteroatoms. The molecule has 0 saturated heterocycles. The van der Waals surface area contributed by atoms with E-state index in [0.29, 0.717) is 17.1 Å². The molecular weight excluding hydrogens is 186 g/mol. The Kier molecular flexibility index (Phi) is 2.91. The Morgan fingerprint density at radius 3 is 2.36 bits per heavy atom. The number of non-ortho nitro benzene ring substituents is 1. The number of nitro groups is 1. The van der Waals surface area contributed by atoms with E-state index in [1.165, 1.54) is 26.4 Å². The molecule has 0 N–H and O–H groups in total. The zero-order valence-electron chi connectivity index (χ0n) is 8.23. The molecule has 0 heterocycles. The van der Waals surface area contributed by atoms with Crippen molar-refractivity contribution < 1.29 is 14.4 Å². The highest BCUT2D eigenvalue weighted by molar-refractivity contribution is 5.53. The van der Waals surface area contributed by atoms with Gasteiger partial charge in [0.1, 0.15) is 0 Å². The average molecular weight is 197 g/mol. The highest BCUT2D eigenvalue weighted by atomic mass is 16.6. The van der Waals surface area contributed by atoms with Gasteiger partial charge in [0.25, 0.3) is 5.69 Å². The number of benzene rings is 1. The van der Waals surface area contributed by atoms with Gasteiger partial charge in [-0.15, -0.1) is 0 Å². The Hall–Kier alpha value is -1.78. The highest BCUT2D eigenvalue weighted by Crippen LogP contribution is 2.34. The summed E-state index contributed by atoms with van der Waals surface area (Å²) in [5.74, 6) is 0.900. The number of nitrogens with zero attached hydrogens (tertiary/aromatic N) is 1. The Morgan fingerprint density at radius 2 is 1.93 bits per heavy atom. The number of methoxy groups -OCH3 is 2. The van der Waals surface area contributed by atoms with Gasteiger partial charge in [0.2, 0.25) is 0 Å². The molecule has 0 amide bonds. The largest absolute Gasteiger partial charge is 0.493 e. The van der Waals surface area contributed by atoms with E-state index in [-0.39, 0.29) is 5.69 Å². The van der Waals surface area contributed by atoms with Gasteiger partial charge in [0.15, 0.2) is 11.5 Å². The van der Waals surface area contributed by atoms with Crippen molar-refractivity contribution in [1.82, 2.24) is 0 Å². The Morgan fingerprint density at radius 1 is 1.29 bits per heavy atom. The molecule has 0 aromatic heterocycles. The number of aryl methyl sites for hydroxylation is 1. The van der Waals surface area contributed by atoms with Crippen molar-refractivity contribution in [3.63, 3.8) is 0 Å². The lowest BCUT2D eigenvalue weighted by Crippen LogP contribution is -1.96. The Balaban J connectivity index is 3.31. The smallest absolute Gasteiger partial charge is 0.273 e. The molecule has 0 unspecified atom stereocenters. The van der Waals surface area contributed by atoms with Gasteiger partial charge in [-0.3, -0.25) is 10.1 Å². The predicted molar refractivity (Wildman–Crippen MR) is 50.9 cm³/mol. The van der Waals surface area contributed by atoms with Crippen LogP contribution in [-0.2, 0) is 0 Å². The van der Waals surface area contributed by atoms with Crippen molar-refractivity contribution in [2.24, 2.45) is 0 Å². The number of hydrogen-bond donors (Lipinski definition) is 0. The molecule has 76 valence electrons. The summed E-state index contributed by atoms with van der Waals surface area (Å²) in [5.41, 5.74) is 0.679. The number of nitro benzene ring substituents is 1. The minimum absolute atomic E-state index is 0.000139. The van der Waals surface area contributed by atoms with Crippen molar-refractivity contribution in [3.8, 4) is 11.5 Å². The highest BCUT2D eigenvalue weighted by Gasteiger charge is 2.14. The molecule has 1 aromatic carbocycles. The maximum absolute atomic E-state index is 10.5. The lowest BCUT2D eigenvalue weighted by molar-refractivity contribution is -0.385. The van der Waals surface area contributed by atoms with Gasteiger partial charge < -0.3 is 9.47 Å². The number of rotatable bonds is 3. The standard InChI is InChI=1S/C9H11NO4/c1-6-4-7(10(11)12)5-8(13-2)9(6)14-3/h4-5H,1-3H3. The Bertz CT molecular complexity index is 362. The van der Waals surface area contributed by atoms with E-state index in [9.17, 15) is 10.1 Å². The summed E-state index contributed by atoms with van der Waals surface area (Å²) in [6.45, 7) is 1.73. The molecule has 0 radical (unpaired) electrons. The van der Waals surface area contributed by atoms with Crippen LogP contribution in [0.1, 0.15) is 5.56 Å². The Labute approximate surface area is 81.4 Å². The predicted octanol–water partition coefficient (Wildman–Crippen LogP) is 1.92. The maximum Gasteiger partial charge on any atom is 0.273 e. The number of hydrogen-bond acceptors (Lipinski definition) is 4. The first-order valence-electron chi connectivity index (χ1n) is 3.97. The summed E-state index contributed by atoms with van der Waals surface area (Å²) in [6.07, 6.45) is 0. The van der Waals surface area contributed by atoms with Gasteiger partial charge in [-0.25, -0.2) is 0 Å². The molecule has 0 aliphatic heterocycles. The molecule has 0 atom stereocenters. The van der Waals surface area contributed by atoms with Crippen LogP contribution in [0.25, 0.3) is 0 Å². The molecular formula is C9H11NO4. The lowest BCUT2D eigenvalue weighted by atomic mass is 10.2. The minimum atomic E-state index is -0.463. The zero-order valence-corrected chi connectivity index (χ0v) is 8.23. The lowest BCUT2D eigenvalue weighted by Gasteiger charge is -2.09. The molecule has 5 nitrogen and oxygen atoms in total. The van der Waals surface area contributed by atoms with Gasteiger partial charge in [-0.05, 0) is 6.92 Å². The average Bonchev–Trinajstić information content (AvgIpc) is 2.16. The third-order valence-corrected chi connectivity index (χ3v) is 1.86. The van der Waals surface area contributed by atoms with Gasteiger partial charge in [0.05, 0.1) is 25.2 Å². The third-order valence-electron chi connectivity index (χ3n) is 1.86. The van der Waals surface area contributed by atoms with Crippen molar-refractivity contribution in [2.75, 3.05) is 14.2 Å². The fourth-order valence-corrected chi connectivity index (χ4v) is 1.24. The fraction of sp³-hybridized carbons (Fsp3) is 0.333. The van der Waals surface area contributed by atoms with E-state index < -0.39 is 4.92 Å². The van der Waals surface area contributed by atoms with Crippen LogP contribution in [0.4, 0.5) is 5.69 Å². The molecule has 1 aromatic rings. The van der Waals surface area contributed by atoms with E-state index in [1.807, 2.05) is 0 Å². The second-order valence-electron chi connectivity index (χ2n) is 2.76. The third kappa shape index (κ3) is 1.76. The van der Waals surface area contributed by atoms with Crippen molar-refractivity contribution in [2.45, 2.75) is 6.92 Å². The monoisotopic (exact) mass is 197 g/mol. The second-order valence-corrected chi connectivity index (χ2v) is 2.76. The van der Waals surface area contributed by atoms with E-state index in [2.05, 4.69) is 0 Å². The zero-order chi connectivity index (χ0) is 10.7. The fourth-order valence-electron chi connectivity index (χ4n) is 1.24. The molecule has 1 rings (SSSR count). The van der Waals surface area contributed by atoms with E-state index >= 15 is 0 Å². The first kappa shape index (κ1) is 10.3. The molecule has 0 aliphatic carbocycles. The van der Waals surface area contributed by atoms with Gasteiger partial charge in [-0.1, -0.05) is 0 Å². The van der Waals surface area contributed by atoms with E-state index in [4.69, 9.17) is 9.47 Å². The summed E-state index contributed by atoms with van der Waals surface area (Å²) in [6, 6.07) is 2.78. The first-order chi connectivity index (χ1) is 6.60. The summed E-state index contributed by atoms with van der Waals surface area (Å²) < 4.78 is 10.0. The maximum atomic E-state index is 10.5. The van der Waals surface area contributed by atoms with Crippen LogP contribution >= 0.6 is 0 Å².